The van der Waals surface area contributed by atoms with Crippen LogP contribution in [0, 0.1) is 13.8 Å². The maximum absolute atomic E-state index is 12.8. The summed E-state index contributed by atoms with van der Waals surface area (Å²) in [5.41, 5.74) is 5.23. The zero-order valence-electron chi connectivity index (χ0n) is 25.8. The zero-order valence-corrected chi connectivity index (χ0v) is 32.1. The summed E-state index contributed by atoms with van der Waals surface area (Å²) in [6.45, 7) is 3.65. The average molecular weight is 896 g/mol. The molecule has 0 aliphatic rings. The number of rotatable bonds is 9. The van der Waals surface area contributed by atoms with E-state index in [1.54, 1.807) is 0 Å². The number of fused-ring (bicyclic) bond motifs is 2. The van der Waals surface area contributed by atoms with Crippen LogP contribution in [0.4, 0.5) is 11.4 Å². The molecule has 2 N–H and O–H groups in total. The third-order valence-electron chi connectivity index (χ3n) is 7.81. The van der Waals surface area contributed by atoms with E-state index in [9.17, 15) is 9.59 Å². The molecule has 0 atom stereocenters. The normalized spacial score (nSPS) is 11.0. The largest absolute Gasteiger partial charge is 0.483 e. The molecular weight excluding hydrogens is 868 g/mol. The molecular formula is C38H28Br4N2O4. The number of halogens is 4. The number of hydrogen-bond acceptors (Lipinski definition) is 4. The van der Waals surface area contributed by atoms with Crippen LogP contribution in [0.1, 0.15) is 11.1 Å². The number of anilines is 2. The molecule has 6 rings (SSSR count). The van der Waals surface area contributed by atoms with Gasteiger partial charge in [-0.05, 0) is 150 Å². The minimum absolute atomic E-state index is 0.128. The Bertz CT molecular complexity index is 2060. The smallest absolute Gasteiger partial charge is 0.262 e. The molecule has 0 fully saturated rings. The first-order valence-corrected chi connectivity index (χ1v) is 18.1. The zero-order chi connectivity index (χ0) is 33.9. The molecule has 2 amide bonds. The second kappa shape index (κ2) is 14.8. The van der Waals surface area contributed by atoms with Gasteiger partial charge >= 0.3 is 0 Å². The number of carbonyl (C=O) groups is 2. The molecule has 0 aromatic heterocycles. The molecule has 0 unspecified atom stereocenters. The van der Waals surface area contributed by atoms with Gasteiger partial charge in [-0.15, -0.1) is 0 Å². The van der Waals surface area contributed by atoms with Crippen molar-refractivity contribution in [2.24, 2.45) is 0 Å². The Morgan fingerprint density at radius 2 is 0.958 bits per heavy atom. The Morgan fingerprint density at radius 1 is 0.542 bits per heavy atom. The molecule has 6 nitrogen and oxygen atoms in total. The molecule has 0 saturated carbocycles. The lowest BCUT2D eigenvalue weighted by Gasteiger charge is -2.14. The van der Waals surface area contributed by atoms with Gasteiger partial charge in [0.15, 0.2) is 13.2 Å². The molecule has 0 heterocycles. The lowest BCUT2D eigenvalue weighted by Crippen LogP contribution is -2.21. The fraction of sp³-hybridized carbons (Fsp3) is 0.105. The molecule has 0 radical (unpaired) electrons. The highest BCUT2D eigenvalue weighted by molar-refractivity contribution is 9.11. The summed E-state index contributed by atoms with van der Waals surface area (Å²) in [4.78, 5) is 25.6. The van der Waals surface area contributed by atoms with Crippen LogP contribution in [-0.4, -0.2) is 25.0 Å². The Morgan fingerprint density at radius 3 is 1.35 bits per heavy atom. The number of carbonyl (C=O) groups excluding carboxylic acids is 2. The number of amides is 2. The van der Waals surface area contributed by atoms with Gasteiger partial charge in [0.2, 0.25) is 0 Å². The minimum Gasteiger partial charge on any atom is -0.483 e. The van der Waals surface area contributed by atoms with Crippen LogP contribution in [0.3, 0.4) is 0 Å². The molecule has 0 saturated heterocycles. The minimum atomic E-state index is -0.255. The van der Waals surface area contributed by atoms with E-state index in [-0.39, 0.29) is 25.0 Å². The summed E-state index contributed by atoms with van der Waals surface area (Å²) in [5, 5.41) is 10.0. The van der Waals surface area contributed by atoms with E-state index in [1.807, 2.05) is 111 Å². The van der Waals surface area contributed by atoms with Crippen LogP contribution in [0.5, 0.6) is 11.5 Å². The quantitative estimate of drug-likeness (QED) is 0.152. The van der Waals surface area contributed by atoms with E-state index >= 15 is 0 Å². The van der Waals surface area contributed by atoms with Crippen LogP contribution in [0.15, 0.2) is 115 Å². The van der Waals surface area contributed by atoms with Crippen molar-refractivity contribution in [2.75, 3.05) is 23.8 Å². The number of hydrogen-bond donors (Lipinski definition) is 2. The molecule has 242 valence electrons. The van der Waals surface area contributed by atoms with Gasteiger partial charge in [-0.3, -0.25) is 9.59 Å². The lowest BCUT2D eigenvalue weighted by atomic mass is 10.00. The molecule has 0 aliphatic carbocycles. The SMILES string of the molecule is Cc1cc(-c2ccc(NC(=O)COc3ccc4cc(Br)ccc4c3Br)c(C)c2)ccc1NC(=O)COc1ccc2cc(Br)ccc2c1Br. The second-order valence-electron chi connectivity index (χ2n) is 11.2. The molecule has 6 aromatic carbocycles. The van der Waals surface area contributed by atoms with Crippen LogP contribution in [0.2, 0.25) is 0 Å². The van der Waals surface area contributed by atoms with E-state index in [0.29, 0.717) is 22.9 Å². The molecule has 10 heteroatoms. The van der Waals surface area contributed by atoms with E-state index < -0.39 is 0 Å². The number of nitrogens with one attached hydrogen (secondary N) is 2. The highest BCUT2D eigenvalue weighted by Crippen LogP contribution is 2.36. The van der Waals surface area contributed by atoms with Gasteiger partial charge in [0.05, 0.1) is 8.95 Å². The van der Waals surface area contributed by atoms with Crippen molar-refractivity contribution in [1.29, 1.82) is 0 Å². The summed E-state index contributed by atoms with van der Waals surface area (Å²) in [6, 6.07) is 31.3. The van der Waals surface area contributed by atoms with Gasteiger partial charge in [0.1, 0.15) is 11.5 Å². The first kappa shape index (κ1) is 34.2. The van der Waals surface area contributed by atoms with Gasteiger partial charge in [-0.1, -0.05) is 68.3 Å². The van der Waals surface area contributed by atoms with Crippen molar-refractivity contribution in [3.05, 3.63) is 126 Å². The monoisotopic (exact) mass is 892 g/mol. The maximum Gasteiger partial charge on any atom is 0.262 e. The van der Waals surface area contributed by atoms with E-state index in [4.69, 9.17) is 9.47 Å². The summed E-state index contributed by atoms with van der Waals surface area (Å²) in [6.07, 6.45) is 0. The summed E-state index contributed by atoms with van der Waals surface area (Å²) in [7, 11) is 0. The van der Waals surface area contributed by atoms with Crippen molar-refractivity contribution in [2.45, 2.75) is 13.8 Å². The molecule has 6 aromatic rings. The number of benzene rings is 6. The van der Waals surface area contributed by atoms with E-state index in [2.05, 4.69) is 74.4 Å². The maximum atomic E-state index is 12.8. The van der Waals surface area contributed by atoms with Gasteiger partial charge in [-0.2, -0.15) is 0 Å². The summed E-state index contributed by atoms with van der Waals surface area (Å²) in [5.74, 6) is 0.687. The van der Waals surface area contributed by atoms with Crippen LogP contribution >= 0.6 is 63.7 Å². The first-order chi connectivity index (χ1) is 23.0. The van der Waals surface area contributed by atoms with Crippen molar-refractivity contribution in [3.63, 3.8) is 0 Å². The van der Waals surface area contributed by atoms with Crippen LogP contribution in [0.25, 0.3) is 32.7 Å². The fourth-order valence-corrected chi connectivity index (χ4v) is 7.31. The molecule has 0 spiro atoms. The fourth-order valence-electron chi connectivity index (χ4n) is 5.33. The van der Waals surface area contributed by atoms with Gasteiger partial charge < -0.3 is 20.1 Å². The van der Waals surface area contributed by atoms with Crippen molar-refractivity contribution < 1.29 is 19.1 Å². The van der Waals surface area contributed by atoms with E-state index in [1.165, 1.54) is 0 Å². The second-order valence-corrected chi connectivity index (χ2v) is 14.6. The van der Waals surface area contributed by atoms with Gasteiger partial charge in [0, 0.05) is 20.3 Å². The van der Waals surface area contributed by atoms with Crippen LogP contribution < -0.4 is 20.1 Å². The number of aryl methyl sites for hydroxylation is 2. The Kier molecular flexibility index (Phi) is 10.6. The average Bonchev–Trinajstić information content (AvgIpc) is 3.06. The highest BCUT2D eigenvalue weighted by atomic mass is 79.9. The Balaban J connectivity index is 1.05. The van der Waals surface area contributed by atoms with Gasteiger partial charge in [-0.25, -0.2) is 0 Å². The summed E-state index contributed by atoms with van der Waals surface area (Å²) < 4.78 is 15.3. The topological polar surface area (TPSA) is 76.7 Å². The van der Waals surface area contributed by atoms with Crippen LogP contribution in [-0.2, 0) is 9.59 Å². The Hall–Kier alpha value is -3.70. The predicted octanol–water partition coefficient (Wildman–Crippen LogP) is 11.4. The van der Waals surface area contributed by atoms with E-state index in [0.717, 1.165) is 61.7 Å². The number of ether oxygens (including phenoxy) is 2. The van der Waals surface area contributed by atoms with Crippen molar-refractivity contribution >= 4 is 108 Å². The summed E-state index contributed by atoms with van der Waals surface area (Å²) >= 11 is 14.2. The molecule has 48 heavy (non-hydrogen) atoms. The third kappa shape index (κ3) is 7.78. The van der Waals surface area contributed by atoms with Crippen molar-refractivity contribution in [1.82, 2.24) is 0 Å². The van der Waals surface area contributed by atoms with Crippen molar-refractivity contribution in [3.8, 4) is 22.6 Å². The predicted molar refractivity (Wildman–Crippen MR) is 208 cm³/mol. The van der Waals surface area contributed by atoms with Gasteiger partial charge in [0.25, 0.3) is 11.8 Å². The lowest BCUT2D eigenvalue weighted by molar-refractivity contribution is -0.118. The highest BCUT2D eigenvalue weighted by Gasteiger charge is 2.13. The third-order valence-corrected chi connectivity index (χ3v) is 10.4. The molecule has 0 aliphatic heterocycles. The molecule has 0 bridgehead atoms. The first-order valence-electron chi connectivity index (χ1n) is 14.9. The Labute approximate surface area is 311 Å². The standard InChI is InChI=1S/C38H28Br4N2O4/c1-21-15-23(3-11-31(21)43-35(45)19-47-33-13-5-25-17-27(39)7-9-29(25)37(33)41)24-4-12-32(22(2)16-24)44-36(46)20-48-34-14-6-26-18-28(40)8-10-30(26)38(34)42/h3-18H,19-20H2,1-2H3,(H,43,45)(H,44,46).